The fraction of sp³-hybridized carbons (Fsp3) is 0.500. The average molecular weight is 178 g/mol. The van der Waals surface area contributed by atoms with E-state index in [1.807, 2.05) is 18.2 Å². The maximum absolute atomic E-state index is 5.63. The van der Waals surface area contributed by atoms with E-state index < -0.39 is 0 Å². The molecule has 1 aromatic rings. The van der Waals surface area contributed by atoms with Crippen LogP contribution in [0.15, 0.2) is 24.4 Å². The van der Waals surface area contributed by atoms with Gasteiger partial charge in [0.1, 0.15) is 0 Å². The summed E-state index contributed by atoms with van der Waals surface area (Å²) in [5.74, 6) is 0.697. The van der Waals surface area contributed by atoms with Crippen LogP contribution in [0.2, 0.25) is 0 Å². The van der Waals surface area contributed by atoms with Crippen molar-refractivity contribution in [2.24, 2.45) is 11.1 Å². The van der Waals surface area contributed by atoms with Crippen LogP contribution in [0.25, 0.3) is 0 Å². The van der Waals surface area contributed by atoms with Crippen molar-refractivity contribution in [2.45, 2.75) is 12.8 Å². The fourth-order valence-corrected chi connectivity index (χ4v) is 1.24. The molecule has 0 aliphatic heterocycles. The molecule has 1 aliphatic rings. The molecular weight excluding hydrogens is 164 g/mol. The molecule has 2 N–H and O–H groups in total. The standard InChI is InChI=1S/C10H14N2O/c11-7-10(4-5-10)8-13-9-3-1-2-6-12-9/h1-3,6H,4-5,7-8,11H2. The van der Waals surface area contributed by atoms with E-state index in [0.717, 1.165) is 6.54 Å². The molecule has 3 heteroatoms. The van der Waals surface area contributed by atoms with Gasteiger partial charge >= 0.3 is 0 Å². The van der Waals surface area contributed by atoms with Gasteiger partial charge in [-0.15, -0.1) is 0 Å². The molecule has 0 saturated heterocycles. The minimum Gasteiger partial charge on any atom is -0.477 e. The zero-order chi connectivity index (χ0) is 9.15. The monoisotopic (exact) mass is 178 g/mol. The lowest BCUT2D eigenvalue weighted by Crippen LogP contribution is -2.22. The van der Waals surface area contributed by atoms with Gasteiger partial charge in [-0.1, -0.05) is 6.07 Å². The lowest BCUT2D eigenvalue weighted by molar-refractivity contribution is 0.231. The summed E-state index contributed by atoms with van der Waals surface area (Å²) in [5, 5.41) is 0. The Hall–Kier alpha value is -1.09. The Morgan fingerprint density at radius 3 is 2.85 bits per heavy atom. The Bertz CT molecular complexity index is 270. The minimum atomic E-state index is 0.261. The van der Waals surface area contributed by atoms with E-state index in [1.54, 1.807) is 6.20 Å². The highest BCUT2D eigenvalue weighted by Gasteiger charge is 2.42. The molecule has 0 bridgehead atoms. The van der Waals surface area contributed by atoms with Crippen LogP contribution in [0.4, 0.5) is 0 Å². The quantitative estimate of drug-likeness (QED) is 0.753. The summed E-state index contributed by atoms with van der Waals surface area (Å²) in [5.41, 5.74) is 5.89. The zero-order valence-corrected chi connectivity index (χ0v) is 7.57. The first-order valence-electron chi connectivity index (χ1n) is 4.59. The van der Waals surface area contributed by atoms with Crippen LogP contribution in [0, 0.1) is 5.41 Å². The molecule has 1 aromatic heterocycles. The summed E-state index contributed by atoms with van der Waals surface area (Å²) in [6.07, 6.45) is 4.12. The first-order valence-corrected chi connectivity index (χ1v) is 4.59. The Labute approximate surface area is 77.9 Å². The number of aromatic nitrogens is 1. The molecule has 1 saturated carbocycles. The Kier molecular flexibility index (Phi) is 2.19. The van der Waals surface area contributed by atoms with Crippen LogP contribution in [0.1, 0.15) is 12.8 Å². The van der Waals surface area contributed by atoms with Gasteiger partial charge in [-0.25, -0.2) is 4.98 Å². The van der Waals surface area contributed by atoms with Crippen LogP contribution in [0.5, 0.6) is 5.88 Å². The summed E-state index contributed by atoms with van der Waals surface area (Å²) >= 11 is 0. The highest BCUT2D eigenvalue weighted by Crippen LogP contribution is 2.44. The smallest absolute Gasteiger partial charge is 0.213 e. The second kappa shape index (κ2) is 3.34. The van der Waals surface area contributed by atoms with Crippen molar-refractivity contribution in [1.82, 2.24) is 4.98 Å². The minimum absolute atomic E-state index is 0.261. The van der Waals surface area contributed by atoms with E-state index in [0.29, 0.717) is 12.5 Å². The molecule has 1 fully saturated rings. The summed E-state index contributed by atoms with van der Waals surface area (Å²) in [6, 6.07) is 5.67. The molecule has 1 aliphatic carbocycles. The number of ether oxygens (including phenoxy) is 1. The number of nitrogens with two attached hydrogens (primary N) is 1. The van der Waals surface area contributed by atoms with E-state index in [-0.39, 0.29) is 5.41 Å². The van der Waals surface area contributed by atoms with Crippen molar-refractivity contribution in [3.8, 4) is 5.88 Å². The first kappa shape index (κ1) is 8.51. The summed E-state index contributed by atoms with van der Waals surface area (Å²) < 4.78 is 5.53. The number of hydrogen-bond donors (Lipinski definition) is 1. The molecule has 1 heterocycles. The van der Waals surface area contributed by atoms with Crippen molar-refractivity contribution in [1.29, 1.82) is 0 Å². The molecule has 0 amide bonds. The molecule has 0 atom stereocenters. The molecule has 0 spiro atoms. The third kappa shape index (κ3) is 1.98. The third-order valence-corrected chi connectivity index (χ3v) is 2.55. The SMILES string of the molecule is NCC1(COc2ccccn2)CC1. The van der Waals surface area contributed by atoms with Crippen LogP contribution in [-0.4, -0.2) is 18.1 Å². The Morgan fingerprint density at radius 2 is 2.31 bits per heavy atom. The van der Waals surface area contributed by atoms with Crippen molar-refractivity contribution in [3.63, 3.8) is 0 Å². The largest absolute Gasteiger partial charge is 0.477 e. The van der Waals surface area contributed by atoms with E-state index >= 15 is 0 Å². The van der Waals surface area contributed by atoms with Gasteiger partial charge in [-0.05, 0) is 18.9 Å². The van der Waals surface area contributed by atoms with Crippen LogP contribution < -0.4 is 10.5 Å². The molecule has 3 nitrogen and oxygen atoms in total. The molecule has 2 rings (SSSR count). The predicted octanol–water partition coefficient (Wildman–Crippen LogP) is 1.20. The van der Waals surface area contributed by atoms with Crippen molar-refractivity contribution < 1.29 is 4.74 Å². The lowest BCUT2D eigenvalue weighted by atomic mass is 10.1. The van der Waals surface area contributed by atoms with Gasteiger partial charge in [-0.2, -0.15) is 0 Å². The Morgan fingerprint density at radius 1 is 1.46 bits per heavy atom. The number of pyridine rings is 1. The van der Waals surface area contributed by atoms with E-state index in [9.17, 15) is 0 Å². The number of rotatable bonds is 4. The van der Waals surface area contributed by atoms with Crippen molar-refractivity contribution in [3.05, 3.63) is 24.4 Å². The summed E-state index contributed by atoms with van der Waals surface area (Å²) in [4.78, 5) is 4.08. The molecule has 0 radical (unpaired) electrons. The third-order valence-electron chi connectivity index (χ3n) is 2.55. The van der Waals surface area contributed by atoms with Gasteiger partial charge in [0.05, 0.1) is 6.61 Å². The number of hydrogen-bond acceptors (Lipinski definition) is 3. The predicted molar refractivity (Wildman–Crippen MR) is 50.5 cm³/mol. The van der Waals surface area contributed by atoms with Gasteiger partial charge in [0.2, 0.25) is 5.88 Å². The topological polar surface area (TPSA) is 48.1 Å². The highest BCUT2D eigenvalue weighted by molar-refractivity contribution is 5.10. The van der Waals surface area contributed by atoms with Crippen molar-refractivity contribution >= 4 is 0 Å². The molecule has 70 valence electrons. The van der Waals surface area contributed by atoms with Crippen LogP contribution >= 0.6 is 0 Å². The van der Waals surface area contributed by atoms with Gasteiger partial charge in [0.25, 0.3) is 0 Å². The second-order valence-electron chi connectivity index (χ2n) is 3.66. The van der Waals surface area contributed by atoms with E-state index in [1.165, 1.54) is 12.8 Å². The van der Waals surface area contributed by atoms with Crippen LogP contribution in [0.3, 0.4) is 0 Å². The summed E-state index contributed by atoms with van der Waals surface area (Å²) in [7, 11) is 0. The summed E-state index contributed by atoms with van der Waals surface area (Å²) in [6.45, 7) is 1.43. The molecule has 13 heavy (non-hydrogen) atoms. The lowest BCUT2D eigenvalue weighted by Gasteiger charge is -2.12. The van der Waals surface area contributed by atoms with Crippen LogP contribution in [-0.2, 0) is 0 Å². The zero-order valence-electron chi connectivity index (χ0n) is 7.57. The van der Waals surface area contributed by atoms with Gasteiger partial charge in [0, 0.05) is 24.2 Å². The first-order chi connectivity index (χ1) is 6.35. The number of nitrogens with zero attached hydrogens (tertiary/aromatic N) is 1. The van der Waals surface area contributed by atoms with Gasteiger partial charge < -0.3 is 10.5 Å². The fourth-order valence-electron chi connectivity index (χ4n) is 1.24. The maximum atomic E-state index is 5.63. The Balaban J connectivity index is 1.86. The second-order valence-corrected chi connectivity index (χ2v) is 3.66. The average Bonchev–Trinajstić information content (AvgIpc) is 2.97. The van der Waals surface area contributed by atoms with Crippen molar-refractivity contribution in [2.75, 3.05) is 13.2 Å². The molecular formula is C10H14N2O. The van der Waals surface area contributed by atoms with E-state index in [4.69, 9.17) is 10.5 Å². The molecule has 0 unspecified atom stereocenters. The van der Waals surface area contributed by atoms with Gasteiger partial charge in [0.15, 0.2) is 0 Å². The highest BCUT2D eigenvalue weighted by atomic mass is 16.5. The maximum Gasteiger partial charge on any atom is 0.213 e. The van der Waals surface area contributed by atoms with E-state index in [2.05, 4.69) is 4.98 Å². The van der Waals surface area contributed by atoms with Gasteiger partial charge in [-0.3, -0.25) is 0 Å². The molecule has 0 aromatic carbocycles. The normalized spacial score (nSPS) is 18.2.